The van der Waals surface area contributed by atoms with Crippen molar-refractivity contribution in [1.29, 1.82) is 0 Å². The maximum atomic E-state index is 6.09. The standard InChI is InChI=1S/C15H18N4S/c1-10(20-2)7-8-19-14-11-5-3-4-6-12(11)17-9-13(14)18-15(19)16/h3-6,9-10H,7-8H2,1-2H3,(H2,16,18). The predicted molar refractivity (Wildman–Crippen MR) is 87.0 cm³/mol. The summed E-state index contributed by atoms with van der Waals surface area (Å²) in [6.45, 7) is 3.12. The zero-order valence-corrected chi connectivity index (χ0v) is 12.5. The molecule has 20 heavy (non-hydrogen) atoms. The molecule has 3 aromatic rings. The van der Waals surface area contributed by atoms with Gasteiger partial charge in [0.15, 0.2) is 0 Å². The molecule has 1 aromatic carbocycles. The number of nitrogens with two attached hydrogens (primary N) is 1. The molecular weight excluding hydrogens is 268 g/mol. The number of thioether (sulfide) groups is 1. The maximum Gasteiger partial charge on any atom is 0.201 e. The van der Waals surface area contributed by atoms with E-state index in [1.807, 2.05) is 36.2 Å². The Morgan fingerprint density at radius 3 is 2.90 bits per heavy atom. The molecule has 1 unspecified atom stereocenters. The van der Waals surface area contributed by atoms with Gasteiger partial charge in [0.1, 0.15) is 5.52 Å². The third kappa shape index (κ3) is 2.22. The van der Waals surface area contributed by atoms with Crippen LogP contribution in [0.3, 0.4) is 0 Å². The monoisotopic (exact) mass is 286 g/mol. The van der Waals surface area contributed by atoms with E-state index in [0.29, 0.717) is 11.2 Å². The van der Waals surface area contributed by atoms with Gasteiger partial charge in [0.25, 0.3) is 0 Å². The lowest BCUT2D eigenvalue weighted by molar-refractivity contribution is 0.663. The van der Waals surface area contributed by atoms with Crippen LogP contribution in [0.2, 0.25) is 0 Å². The van der Waals surface area contributed by atoms with Crippen molar-refractivity contribution in [3.63, 3.8) is 0 Å². The predicted octanol–water partition coefficient (Wildman–Crippen LogP) is 3.31. The molecule has 104 valence electrons. The molecule has 0 aliphatic carbocycles. The van der Waals surface area contributed by atoms with E-state index in [4.69, 9.17) is 5.73 Å². The topological polar surface area (TPSA) is 56.7 Å². The molecule has 0 radical (unpaired) electrons. The van der Waals surface area contributed by atoms with Crippen LogP contribution < -0.4 is 5.73 Å². The van der Waals surface area contributed by atoms with Crippen LogP contribution >= 0.6 is 11.8 Å². The minimum atomic E-state index is 0.575. The van der Waals surface area contributed by atoms with Crippen LogP contribution in [-0.2, 0) is 6.54 Å². The molecule has 0 aliphatic rings. The van der Waals surface area contributed by atoms with Crippen molar-refractivity contribution in [2.24, 2.45) is 0 Å². The first-order chi connectivity index (χ1) is 9.70. The summed E-state index contributed by atoms with van der Waals surface area (Å²) < 4.78 is 2.12. The highest BCUT2D eigenvalue weighted by molar-refractivity contribution is 7.99. The van der Waals surface area contributed by atoms with Gasteiger partial charge in [-0.15, -0.1) is 0 Å². The van der Waals surface area contributed by atoms with Crippen LogP contribution in [0, 0.1) is 0 Å². The molecule has 0 saturated carbocycles. The second kappa shape index (κ2) is 5.32. The van der Waals surface area contributed by atoms with Crippen molar-refractivity contribution >= 4 is 39.6 Å². The number of hydrogen-bond donors (Lipinski definition) is 1. The quantitative estimate of drug-likeness (QED) is 0.799. The largest absolute Gasteiger partial charge is 0.369 e. The van der Waals surface area contributed by atoms with Gasteiger partial charge in [-0.05, 0) is 18.7 Å². The summed E-state index contributed by atoms with van der Waals surface area (Å²) in [7, 11) is 0. The molecule has 0 amide bonds. The van der Waals surface area contributed by atoms with Gasteiger partial charge in [0.2, 0.25) is 5.95 Å². The van der Waals surface area contributed by atoms with E-state index in [2.05, 4.69) is 33.8 Å². The number of para-hydroxylation sites is 1. The highest BCUT2D eigenvalue weighted by Gasteiger charge is 2.12. The number of aromatic nitrogens is 3. The van der Waals surface area contributed by atoms with Gasteiger partial charge in [0, 0.05) is 17.2 Å². The summed E-state index contributed by atoms with van der Waals surface area (Å²) in [6, 6.07) is 8.13. The molecule has 0 bridgehead atoms. The average Bonchev–Trinajstić information content (AvgIpc) is 2.80. The van der Waals surface area contributed by atoms with Crippen LogP contribution in [0.5, 0.6) is 0 Å². The Kier molecular flexibility index (Phi) is 3.53. The van der Waals surface area contributed by atoms with Crippen LogP contribution in [0.25, 0.3) is 21.9 Å². The van der Waals surface area contributed by atoms with E-state index in [1.54, 1.807) is 0 Å². The molecule has 1 atom stereocenters. The van der Waals surface area contributed by atoms with Crippen molar-refractivity contribution in [2.75, 3.05) is 12.0 Å². The maximum absolute atomic E-state index is 6.09. The summed E-state index contributed by atoms with van der Waals surface area (Å²) in [5.74, 6) is 0.575. The lowest BCUT2D eigenvalue weighted by atomic mass is 10.2. The Morgan fingerprint density at radius 1 is 1.30 bits per heavy atom. The first-order valence-electron chi connectivity index (χ1n) is 6.73. The van der Waals surface area contributed by atoms with Gasteiger partial charge < -0.3 is 10.3 Å². The number of imidazole rings is 1. The SMILES string of the molecule is CSC(C)CCn1c(N)nc2cnc3ccccc3c21. The third-order valence-electron chi connectivity index (χ3n) is 3.67. The number of aryl methyl sites for hydroxylation is 1. The minimum Gasteiger partial charge on any atom is -0.369 e. The molecule has 2 aromatic heterocycles. The molecule has 5 heteroatoms. The van der Waals surface area contributed by atoms with Gasteiger partial charge in [-0.1, -0.05) is 25.1 Å². The van der Waals surface area contributed by atoms with Gasteiger partial charge in [0.05, 0.1) is 17.2 Å². The number of fused-ring (bicyclic) bond motifs is 3. The van der Waals surface area contributed by atoms with E-state index in [9.17, 15) is 0 Å². The Morgan fingerprint density at radius 2 is 2.10 bits per heavy atom. The van der Waals surface area contributed by atoms with Crippen molar-refractivity contribution in [1.82, 2.24) is 14.5 Å². The van der Waals surface area contributed by atoms with Crippen LogP contribution in [-0.4, -0.2) is 26.0 Å². The number of benzene rings is 1. The number of hydrogen-bond acceptors (Lipinski definition) is 4. The van der Waals surface area contributed by atoms with E-state index < -0.39 is 0 Å². The molecule has 2 N–H and O–H groups in total. The second-order valence-corrected chi connectivity index (χ2v) is 6.24. The molecule has 0 saturated heterocycles. The number of rotatable bonds is 4. The molecule has 0 fully saturated rings. The lowest BCUT2D eigenvalue weighted by Crippen LogP contribution is -2.08. The summed E-state index contributed by atoms with van der Waals surface area (Å²) in [6.07, 6.45) is 5.02. The zero-order chi connectivity index (χ0) is 14.1. The Labute approximate surface area is 122 Å². The van der Waals surface area contributed by atoms with Crippen LogP contribution in [0.15, 0.2) is 30.5 Å². The van der Waals surface area contributed by atoms with Gasteiger partial charge in [-0.2, -0.15) is 11.8 Å². The first kappa shape index (κ1) is 13.2. The number of nitrogens with zero attached hydrogens (tertiary/aromatic N) is 3. The fraction of sp³-hybridized carbons (Fsp3) is 0.333. The molecule has 0 spiro atoms. The van der Waals surface area contributed by atoms with Gasteiger partial charge in [-0.3, -0.25) is 4.98 Å². The normalized spacial score (nSPS) is 13.1. The van der Waals surface area contributed by atoms with Gasteiger partial charge >= 0.3 is 0 Å². The number of anilines is 1. The van der Waals surface area contributed by atoms with Crippen molar-refractivity contribution in [3.05, 3.63) is 30.5 Å². The molecule has 0 aliphatic heterocycles. The first-order valence-corrected chi connectivity index (χ1v) is 8.01. The molecule has 2 heterocycles. The fourth-order valence-corrected chi connectivity index (χ4v) is 2.78. The van der Waals surface area contributed by atoms with Crippen molar-refractivity contribution in [2.45, 2.75) is 25.1 Å². The number of nitrogen functional groups attached to an aromatic ring is 1. The molecule has 4 nitrogen and oxygen atoms in total. The Balaban J connectivity index is 2.14. The van der Waals surface area contributed by atoms with E-state index in [1.165, 1.54) is 0 Å². The van der Waals surface area contributed by atoms with E-state index in [0.717, 1.165) is 34.9 Å². The van der Waals surface area contributed by atoms with Crippen LogP contribution in [0.4, 0.5) is 5.95 Å². The minimum absolute atomic E-state index is 0.575. The van der Waals surface area contributed by atoms with E-state index in [-0.39, 0.29) is 0 Å². The van der Waals surface area contributed by atoms with Crippen molar-refractivity contribution in [3.8, 4) is 0 Å². The summed E-state index contributed by atoms with van der Waals surface area (Å²) in [4.78, 5) is 8.88. The molecule has 3 rings (SSSR count). The van der Waals surface area contributed by atoms with Crippen molar-refractivity contribution < 1.29 is 0 Å². The summed E-state index contributed by atoms with van der Waals surface area (Å²) in [5.41, 5.74) is 9.05. The van der Waals surface area contributed by atoms with Gasteiger partial charge in [-0.25, -0.2) is 4.98 Å². The number of pyridine rings is 1. The summed E-state index contributed by atoms with van der Waals surface area (Å²) in [5, 5.41) is 1.73. The van der Waals surface area contributed by atoms with E-state index >= 15 is 0 Å². The second-order valence-electron chi connectivity index (χ2n) is 4.97. The Bertz CT molecular complexity index is 750. The third-order valence-corrected chi connectivity index (χ3v) is 4.71. The smallest absolute Gasteiger partial charge is 0.201 e. The fourth-order valence-electron chi connectivity index (χ4n) is 2.44. The summed E-state index contributed by atoms with van der Waals surface area (Å²) >= 11 is 1.87. The zero-order valence-electron chi connectivity index (χ0n) is 11.7. The molecular formula is C15H18N4S. The van der Waals surface area contributed by atoms with Crippen LogP contribution in [0.1, 0.15) is 13.3 Å². The highest BCUT2D eigenvalue weighted by atomic mass is 32.2. The average molecular weight is 286 g/mol. The highest BCUT2D eigenvalue weighted by Crippen LogP contribution is 2.26. The lowest BCUT2D eigenvalue weighted by Gasteiger charge is -2.11. The Hall–Kier alpha value is -1.75.